The highest BCUT2D eigenvalue weighted by Crippen LogP contribution is 2.43. The van der Waals surface area contributed by atoms with E-state index in [1.165, 1.54) is 34.8 Å². The van der Waals surface area contributed by atoms with E-state index < -0.39 is 0 Å². The second-order valence-electron chi connectivity index (χ2n) is 6.42. The summed E-state index contributed by atoms with van der Waals surface area (Å²) in [4.78, 5) is 20.7. The highest BCUT2D eigenvalue weighted by molar-refractivity contribution is 8.16. The largest absolute Gasteiger partial charge is 0.484 e. The van der Waals surface area contributed by atoms with Crippen LogP contribution in [0.1, 0.15) is 21.6 Å². The van der Waals surface area contributed by atoms with Crippen LogP contribution in [-0.2, 0) is 11.3 Å². The molecule has 0 saturated carbocycles. The number of aromatic nitrogens is 2. The van der Waals surface area contributed by atoms with Crippen molar-refractivity contribution in [3.8, 4) is 17.0 Å². The molecule has 4 rings (SSSR count). The highest BCUT2D eigenvalue weighted by Gasteiger charge is 2.16. The first-order chi connectivity index (χ1) is 14.3. The predicted molar refractivity (Wildman–Crippen MR) is 121 cm³/mol. The molecule has 8 heteroatoms. The van der Waals surface area contributed by atoms with Crippen LogP contribution in [0, 0.1) is 0 Å². The lowest BCUT2D eigenvalue weighted by Gasteiger charge is -2.21. The summed E-state index contributed by atoms with van der Waals surface area (Å²) in [6.45, 7) is 0.391. The zero-order valence-electron chi connectivity index (χ0n) is 15.7. The van der Waals surface area contributed by atoms with Gasteiger partial charge in [0.2, 0.25) is 0 Å². The molecule has 29 heavy (non-hydrogen) atoms. The molecule has 1 aromatic carbocycles. The number of ether oxygens (including phenoxy) is 1. The molecule has 5 nitrogen and oxygen atoms in total. The van der Waals surface area contributed by atoms with Crippen molar-refractivity contribution in [3.63, 3.8) is 0 Å². The number of thioether (sulfide) groups is 2. The third-order valence-electron chi connectivity index (χ3n) is 4.31. The lowest BCUT2D eigenvalue weighted by Crippen LogP contribution is -2.28. The molecular formula is C21H21N3O2S3. The number of carbonyl (C=O) groups excluding carboxylic acids is 1. The fourth-order valence-corrected chi connectivity index (χ4v) is 6.46. The zero-order valence-corrected chi connectivity index (χ0v) is 18.2. The Balaban J connectivity index is 1.22. The van der Waals surface area contributed by atoms with Crippen LogP contribution in [0.5, 0.6) is 5.75 Å². The van der Waals surface area contributed by atoms with Gasteiger partial charge >= 0.3 is 0 Å². The highest BCUT2D eigenvalue weighted by atomic mass is 32.2. The monoisotopic (exact) mass is 443 g/mol. The Hall–Kier alpha value is -2.03. The molecule has 0 radical (unpaired) electrons. The summed E-state index contributed by atoms with van der Waals surface area (Å²) in [7, 11) is 0. The Labute approximate surface area is 182 Å². The van der Waals surface area contributed by atoms with Crippen molar-refractivity contribution in [2.24, 2.45) is 0 Å². The molecule has 1 fully saturated rings. The van der Waals surface area contributed by atoms with Crippen LogP contribution < -0.4 is 10.1 Å². The molecule has 1 aliphatic rings. The molecule has 1 N–H and O–H groups in total. The second-order valence-corrected chi connectivity index (χ2v) is 10.1. The van der Waals surface area contributed by atoms with E-state index in [0.717, 1.165) is 16.3 Å². The lowest BCUT2D eigenvalue weighted by atomic mass is 10.2. The quantitative estimate of drug-likeness (QED) is 0.568. The minimum Gasteiger partial charge on any atom is -0.484 e. The molecule has 1 aliphatic heterocycles. The van der Waals surface area contributed by atoms with Crippen LogP contribution in [-0.4, -0.2) is 34.0 Å². The summed E-state index contributed by atoms with van der Waals surface area (Å²) in [5.41, 5.74) is 3.23. The Kier molecular flexibility index (Phi) is 7.08. The van der Waals surface area contributed by atoms with Gasteiger partial charge in [0.25, 0.3) is 5.91 Å². The number of hydrogen-bond acceptors (Lipinski definition) is 7. The SMILES string of the molecule is O=C(COc1ccc(C2SCCCS2)cc1)NCc1nc(-c2ccncc2)cs1. The smallest absolute Gasteiger partial charge is 0.258 e. The third kappa shape index (κ3) is 5.74. The summed E-state index contributed by atoms with van der Waals surface area (Å²) in [6, 6.07) is 11.9. The summed E-state index contributed by atoms with van der Waals surface area (Å²) in [5.74, 6) is 3.00. The van der Waals surface area contributed by atoms with Gasteiger partial charge in [0.05, 0.1) is 16.8 Å². The number of hydrogen-bond donors (Lipinski definition) is 1. The Morgan fingerprint density at radius 2 is 1.86 bits per heavy atom. The number of nitrogens with zero attached hydrogens (tertiary/aromatic N) is 2. The molecule has 0 bridgehead atoms. The Morgan fingerprint density at radius 1 is 1.10 bits per heavy atom. The number of carbonyl (C=O) groups is 1. The fraction of sp³-hybridized carbons (Fsp3) is 0.286. The van der Waals surface area contributed by atoms with Gasteiger partial charge in [-0.05, 0) is 47.8 Å². The average molecular weight is 444 g/mol. The van der Waals surface area contributed by atoms with E-state index in [2.05, 4.69) is 27.4 Å². The molecule has 1 saturated heterocycles. The van der Waals surface area contributed by atoms with Crippen molar-refractivity contribution < 1.29 is 9.53 Å². The maximum atomic E-state index is 12.1. The summed E-state index contributed by atoms with van der Waals surface area (Å²) < 4.78 is 6.13. The van der Waals surface area contributed by atoms with E-state index in [0.29, 0.717) is 16.9 Å². The van der Waals surface area contributed by atoms with Gasteiger partial charge in [0.1, 0.15) is 10.8 Å². The van der Waals surface area contributed by atoms with Crippen LogP contribution >= 0.6 is 34.9 Å². The van der Waals surface area contributed by atoms with Gasteiger partial charge in [-0.2, -0.15) is 0 Å². The van der Waals surface area contributed by atoms with Crippen LogP contribution in [0.25, 0.3) is 11.3 Å². The number of nitrogens with one attached hydrogen (secondary N) is 1. The average Bonchev–Trinajstić information content (AvgIpc) is 3.27. The van der Waals surface area contributed by atoms with Gasteiger partial charge in [-0.25, -0.2) is 4.98 Å². The standard InChI is InChI=1S/C21H21N3O2S3/c25-19(23-12-20-24-18(14-29-20)15-6-8-22-9-7-15)13-26-17-4-2-16(3-5-17)21-27-10-1-11-28-21/h2-9,14,21H,1,10-13H2,(H,23,25). The van der Waals surface area contributed by atoms with Crippen molar-refractivity contribution in [1.29, 1.82) is 0 Å². The topological polar surface area (TPSA) is 64.1 Å². The summed E-state index contributed by atoms with van der Waals surface area (Å²) >= 11 is 5.52. The van der Waals surface area contributed by atoms with Crippen molar-refractivity contribution in [1.82, 2.24) is 15.3 Å². The number of thiazole rings is 1. The third-order valence-corrected chi connectivity index (χ3v) is 8.18. The van der Waals surface area contributed by atoms with Gasteiger partial charge in [-0.3, -0.25) is 9.78 Å². The molecule has 150 valence electrons. The Morgan fingerprint density at radius 3 is 2.62 bits per heavy atom. The van der Waals surface area contributed by atoms with Crippen molar-refractivity contribution in [2.45, 2.75) is 17.5 Å². The first-order valence-electron chi connectivity index (χ1n) is 9.35. The second kappa shape index (κ2) is 10.1. The molecular weight excluding hydrogens is 422 g/mol. The number of rotatable bonds is 7. The molecule has 0 atom stereocenters. The van der Waals surface area contributed by atoms with Crippen molar-refractivity contribution in [3.05, 3.63) is 64.7 Å². The van der Waals surface area contributed by atoms with Crippen LogP contribution in [0.15, 0.2) is 54.2 Å². The molecule has 0 spiro atoms. The molecule has 2 aromatic heterocycles. The van der Waals surface area contributed by atoms with Crippen molar-refractivity contribution in [2.75, 3.05) is 18.1 Å². The lowest BCUT2D eigenvalue weighted by molar-refractivity contribution is -0.123. The molecule has 1 amide bonds. The number of amides is 1. The molecule has 3 aromatic rings. The summed E-state index contributed by atoms with van der Waals surface area (Å²) in [6.07, 6.45) is 4.77. The van der Waals surface area contributed by atoms with E-state index in [4.69, 9.17) is 4.74 Å². The maximum absolute atomic E-state index is 12.1. The molecule has 3 heterocycles. The van der Waals surface area contributed by atoms with Crippen LogP contribution in [0.4, 0.5) is 0 Å². The first-order valence-corrected chi connectivity index (χ1v) is 12.3. The van der Waals surface area contributed by atoms with E-state index in [1.54, 1.807) is 12.4 Å². The van der Waals surface area contributed by atoms with Gasteiger partial charge in [0.15, 0.2) is 6.61 Å². The normalized spacial score (nSPS) is 14.5. The minimum absolute atomic E-state index is 0.00510. The number of benzene rings is 1. The predicted octanol–water partition coefficient (Wildman–Crippen LogP) is 4.77. The van der Waals surface area contributed by atoms with Crippen molar-refractivity contribution >= 4 is 40.8 Å². The summed E-state index contributed by atoms with van der Waals surface area (Å²) in [5, 5.41) is 5.70. The van der Waals surface area contributed by atoms with Gasteiger partial charge in [-0.15, -0.1) is 34.9 Å². The van der Waals surface area contributed by atoms with E-state index in [9.17, 15) is 4.79 Å². The van der Waals surface area contributed by atoms with E-state index in [-0.39, 0.29) is 12.5 Å². The molecule has 0 unspecified atom stereocenters. The fourth-order valence-electron chi connectivity index (χ4n) is 2.82. The van der Waals surface area contributed by atoms with Crippen LogP contribution in [0.3, 0.4) is 0 Å². The van der Waals surface area contributed by atoms with Crippen LogP contribution in [0.2, 0.25) is 0 Å². The van der Waals surface area contributed by atoms with E-state index >= 15 is 0 Å². The van der Waals surface area contributed by atoms with Gasteiger partial charge < -0.3 is 10.1 Å². The maximum Gasteiger partial charge on any atom is 0.258 e. The van der Waals surface area contributed by atoms with Gasteiger partial charge in [0, 0.05) is 23.3 Å². The Bertz CT molecular complexity index is 926. The molecule has 0 aliphatic carbocycles. The number of pyridine rings is 1. The van der Waals surface area contributed by atoms with Gasteiger partial charge in [-0.1, -0.05) is 12.1 Å². The van der Waals surface area contributed by atoms with E-state index in [1.807, 2.05) is 53.2 Å². The minimum atomic E-state index is -0.159. The first kappa shape index (κ1) is 20.3. The zero-order chi connectivity index (χ0) is 19.9.